The minimum atomic E-state index is -0.992. The summed E-state index contributed by atoms with van der Waals surface area (Å²) in [6, 6.07) is 0. The van der Waals surface area contributed by atoms with Crippen molar-refractivity contribution in [3.8, 4) is 0 Å². The first kappa shape index (κ1) is 19.5. The van der Waals surface area contributed by atoms with Crippen LogP contribution in [0.2, 0.25) is 0 Å². The molecule has 0 spiro atoms. The monoisotopic (exact) mass is 380 g/mol. The van der Waals surface area contributed by atoms with E-state index in [1.807, 2.05) is 0 Å². The normalized spacial score (nSPS) is 10.5. The van der Waals surface area contributed by atoms with Gasteiger partial charge in [0, 0.05) is 19.8 Å². The quantitative estimate of drug-likeness (QED) is 0.505. The van der Waals surface area contributed by atoms with Crippen molar-refractivity contribution in [2.75, 3.05) is 12.4 Å². The largest absolute Gasteiger partial charge is 0.468 e. The lowest BCUT2D eigenvalue weighted by Crippen LogP contribution is -2.24. The highest BCUT2D eigenvalue weighted by atomic mass is 16.6. The van der Waals surface area contributed by atoms with E-state index in [4.69, 9.17) is 0 Å². The van der Waals surface area contributed by atoms with Crippen molar-refractivity contribution in [1.82, 2.24) is 24.9 Å². The molecule has 0 unspecified atom stereocenters. The number of amides is 2. The van der Waals surface area contributed by atoms with Gasteiger partial charge < -0.3 is 20.7 Å². The highest BCUT2D eigenvalue weighted by molar-refractivity contribution is 6.02. The van der Waals surface area contributed by atoms with Crippen LogP contribution in [-0.2, 0) is 17.9 Å². The molecule has 0 saturated carbocycles. The van der Waals surface area contributed by atoms with Crippen molar-refractivity contribution in [3.05, 3.63) is 37.8 Å². The molecule has 2 amide bonds. The number of nitrogens with one attached hydrogen (secondary N) is 2. The lowest BCUT2D eigenvalue weighted by atomic mass is 10.3. The summed E-state index contributed by atoms with van der Waals surface area (Å²) < 4.78 is 2.30. The van der Waals surface area contributed by atoms with Gasteiger partial charge in [0.1, 0.15) is 12.2 Å². The van der Waals surface area contributed by atoms with Gasteiger partial charge in [0.2, 0.25) is 5.91 Å². The molecule has 0 atom stereocenters. The summed E-state index contributed by atoms with van der Waals surface area (Å²) in [7, 11) is 1.41. The van der Waals surface area contributed by atoms with Crippen molar-refractivity contribution >= 4 is 29.0 Å². The van der Waals surface area contributed by atoms with Gasteiger partial charge in [0.25, 0.3) is 5.91 Å². The topological polar surface area (TPSA) is 180 Å². The number of aromatic nitrogens is 4. The molecule has 0 bridgehead atoms. The molecule has 27 heavy (non-hydrogen) atoms. The maximum Gasteiger partial charge on any atom is 0.468 e. The average Bonchev–Trinajstić information content (AvgIpc) is 3.15. The van der Waals surface area contributed by atoms with Crippen molar-refractivity contribution in [2.45, 2.75) is 26.9 Å². The molecule has 144 valence electrons. The number of nitrogens with zero attached hydrogens (tertiary/aromatic N) is 6. The molecular weight excluding hydrogens is 364 g/mol. The Bertz CT molecular complexity index is 930. The first-order chi connectivity index (χ1) is 12.7. The molecule has 0 aliphatic carbocycles. The summed E-state index contributed by atoms with van der Waals surface area (Å²) in [5, 5.41) is 34.3. The summed E-state index contributed by atoms with van der Waals surface area (Å²) in [4.78, 5) is 44.1. The van der Waals surface area contributed by atoms with Gasteiger partial charge in [-0.15, -0.1) is 0 Å². The van der Waals surface area contributed by atoms with E-state index in [1.165, 1.54) is 24.9 Å². The van der Waals surface area contributed by atoms with E-state index in [0.717, 1.165) is 4.68 Å². The average molecular weight is 380 g/mol. The number of carbonyl (C=O) groups is 2. The van der Waals surface area contributed by atoms with Crippen LogP contribution in [0.15, 0.2) is 6.20 Å². The van der Waals surface area contributed by atoms with Gasteiger partial charge in [-0.25, -0.2) is 0 Å². The lowest BCUT2D eigenvalue weighted by Gasteiger charge is -2.04. The second-order valence-electron chi connectivity index (χ2n) is 5.30. The van der Waals surface area contributed by atoms with E-state index in [9.17, 15) is 29.8 Å². The Hall–Kier alpha value is -3.84. The molecule has 0 aliphatic heterocycles. The van der Waals surface area contributed by atoms with Crippen LogP contribution in [0.5, 0.6) is 0 Å². The predicted molar refractivity (Wildman–Crippen MR) is 90.2 cm³/mol. The van der Waals surface area contributed by atoms with Crippen molar-refractivity contribution in [3.63, 3.8) is 0 Å². The summed E-state index contributed by atoms with van der Waals surface area (Å²) in [5.74, 6) is -2.15. The van der Waals surface area contributed by atoms with E-state index in [-0.39, 0.29) is 17.1 Å². The fraction of sp³-hybridized carbons (Fsp3) is 0.385. The van der Waals surface area contributed by atoms with Gasteiger partial charge in [-0.05, 0) is 18.8 Å². The molecule has 14 heteroatoms. The molecule has 2 rings (SSSR count). The Morgan fingerprint density at radius 1 is 1.22 bits per heavy atom. The Morgan fingerprint density at radius 2 is 1.89 bits per heavy atom. The van der Waals surface area contributed by atoms with Crippen LogP contribution in [0.25, 0.3) is 0 Å². The van der Waals surface area contributed by atoms with Crippen molar-refractivity contribution in [2.24, 2.45) is 0 Å². The van der Waals surface area contributed by atoms with E-state index in [0.29, 0.717) is 6.54 Å². The van der Waals surface area contributed by atoms with Gasteiger partial charge in [-0.3, -0.25) is 24.4 Å². The molecule has 2 aromatic rings. The fourth-order valence-corrected chi connectivity index (χ4v) is 2.30. The second kappa shape index (κ2) is 7.59. The summed E-state index contributed by atoms with van der Waals surface area (Å²) >= 11 is 0. The fourth-order valence-electron chi connectivity index (χ4n) is 2.30. The summed E-state index contributed by atoms with van der Waals surface area (Å²) in [6.07, 6.45) is 1.45. The van der Waals surface area contributed by atoms with Gasteiger partial charge >= 0.3 is 11.5 Å². The zero-order valence-corrected chi connectivity index (χ0v) is 14.6. The number of aryl methyl sites for hydroxylation is 1. The Kier molecular flexibility index (Phi) is 5.48. The molecule has 14 nitrogen and oxygen atoms in total. The molecule has 0 radical (unpaired) electrons. The minimum Gasteiger partial charge on any atom is -0.358 e. The highest BCUT2D eigenvalue weighted by Gasteiger charge is 2.35. The van der Waals surface area contributed by atoms with Crippen LogP contribution < -0.4 is 10.6 Å². The van der Waals surface area contributed by atoms with Gasteiger partial charge in [-0.2, -0.15) is 9.78 Å². The summed E-state index contributed by atoms with van der Waals surface area (Å²) in [5.41, 5.74) is -0.799. The van der Waals surface area contributed by atoms with E-state index < -0.39 is 39.7 Å². The predicted octanol–water partition coefficient (Wildman–Crippen LogP) is 0.223. The Labute approximate surface area is 151 Å². The number of carbonyl (C=O) groups excluding carboxylic acids is 2. The smallest absolute Gasteiger partial charge is 0.358 e. The second-order valence-corrected chi connectivity index (χ2v) is 5.30. The third kappa shape index (κ3) is 3.88. The van der Waals surface area contributed by atoms with Crippen LogP contribution >= 0.6 is 0 Å². The third-order valence-corrected chi connectivity index (χ3v) is 3.61. The zero-order chi connectivity index (χ0) is 20.3. The minimum absolute atomic E-state index is 0.0122. The number of hydrogen-bond donors (Lipinski definition) is 2. The number of rotatable bonds is 7. The zero-order valence-electron chi connectivity index (χ0n) is 14.6. The van der Waals surface area contributed by atoms with Gasteiger partial charge in [-0.1, -0.05) is 0 Å². The van der Waals surface area contributed by atoms with E-state index >= 15 is 0 Å². The van der Waals surface area contributed by atoms with Crippen LogP contribution in [0.4, 0.5) is 17.2 Å². The van der Waals surface area contributed by atoms with Crippen LogP contribution in [-0.4, -0.2) is 48.3 Å². The first-order valence-electron chi connectivity index (χ1n) is 7.65. The van der Waals surface area contributed by atoms with Crippen LogP contribution in [0.3, 0.4) is 0 Å². The Balaban J connectivity index is 2.28. The highest BCUT2D eigenvalue weighted by Crippen LogP contribution is 2.29. The maximum atomic E-state index is 12.3. The van der Waals surface area contributed by atoms with E-state index in [2.05, 4.69) is 20.8 Å². The molecule has 0 saturated heterocycles. The molecule has 0 aromatic carbocycles. The Morgan fingerprint density at radius 3 is 2.37 bits per heavy atom. The lowest BCUT2D eigenvalue weighted by molar-refractivity contribution is -0.424. The molecule has 2 aromatic heterocycles. The first-order valence-corrected chi connectivity index (χ1v) is 7.65. The van der Waals surface area contributed by atoms with Crippen LogP contribution in [0.1, 0.15) is 23.1 Å². The van der Waals surface area contributed by atoms with Crippen LogP contribution in [0, 0.1) is 27.2 Å². The molecule has 2 heterocycles. The maximum absolute atomic E-state index is 12.3. The van der Waals surface area contributed by atoms with E-state index in [1.54, 1.807) is 6.92 Å². The molecular formula is C13H16N8O6. The van der Waals surface area contributed by atoms with Gasteiger partial charge in [0.15, 0.2) is 5.69 Å². The van der Waals surface area contributed by atoms with Crippen molar-refractivity contribution < 1.29 is 19.4 Å². The SMILES string of the molecule is CCn1cc(NC(=O)Cn2nc([N+](=O)[O-])c([N+](=O)[O-])c2C)c(C(=O)NC)n1. The summed E-state index contributed by atoms with van der Waals surface area (Å²) in [6.45, 7) is 2.97. The van der Waals surface area contributed by atoms with Crippen molar-refractivity contribution in [1.29, 1.82) is 0 Å². The third-order valence-electron chi connectivity index (χ3n) is 3.61. The number of anilines is 1. The molecule has 0 fully saturated rings. The standard InChI is InChI=1S/C13H16N8O6/c1-4-18-5-8(10(16-18)13(23)14-3)15-9(22)6-19-7(2)11(20(24)25)12(17-19)21(26)27/h5H,4,6H2,1-3H3,(H,14,23)(H,15,22). The van der Waals surface area contributed by atoms with Gasteiger partial charge in [0.05, 0.1) is 15.7 Å². The number of hydrogen-bond acceptors (Lipinski definition) is 8. The number of nitro groups is 2. The molecule has 0 aliphatic rings. The molecule has 2 N–H and O–H groups in total.